The van der Waals surface area contributed by atoms with Crippen LogP contribution in [0.15, 0.2) is 42.5 Å². The van der Waals surface area contributed by atoms with E-state index in [2.05, 4.69) is 10.6 Å². The zero-order chi connectivity index (χ0) is 20.0. The van der Waals surface area contributed by atoms with Crippen molar-refractivity contribution < 1.29 is 19.1 Å². The maximum Gasteiger partial charge on any atom is 0.262 e. The Labute approximate surface area is 159 Å². The number of hydrogen-bond acceptors (Lipinski definition) is 4. The SMILES string of the molecule is COc1cc(C)ccc1OCC(=O)Nc1ccc(C(=O)NC(C)(C)C)cc1. The summed E-state index contributed by atoms with van der Waals surface area (Å²) >= 11 is 0. The first kappa shape index (κ1) is 20.3. The summed E-state index contributed by atoms with van der Waals surface area (Å²) in [6.07, 6.45) is 0. The Morgan fingerprint density at radius 1 is 1.00 bits per heavy atom. The molecule has 0 fully saturated rings. The molecule has 2 amide bonds. The van der Waals surface area contributed by atoms with Crippen molar-refractivity contribution >= 4 is 17.5 Å². The van der Waals surface area contributed by atoms with Gasteiger partial charge in [-0.05, 0) is 69.7 Å². The molecule has 2 rings (SSSR count). The average Bonchev–Trinajstić information content (AvgIpc) is 2.59. The number of carbonyl (C=O) groups is 2. The Hall–Kier alpha value is -3.02. The van der Waals surface area contributed by atoms with Crippen molar-refractivity contribution in [2.75, 3.05) is 19.0 Å². The molecule has 0 aliphatic heterocycles. The summed E-state index contributed by atoms with van der Waals surface area (Å²) in [6.45, 7) is 7.56. The monoisotopic (exact) mass is 370 g/mol. The van der Waals surface area contributed by atoms with Crippen LogP contribution in [0.5, 0.6) is 11.5 Å². The lowest BCUT2D eigenvalue weighted by Crippen LogP contribution is -2.40. The molecule has 0 heterocycles. The molecule has 0 aromatic heterocycles. The van der Waals surface area contributed by atoms with Gasteiger partial charge in [-0.25, -0.2) is 0 Å². The molecular formula is C21H26N2O4. The normalized spacial score (nSPS) is 10.9. The second kappa shape index (κ2) is 8.58. The lowest BCUT2D eigenvalue weighted by molar-refractivity contribution is -0.118. The molecule has 6 heteroatoms. The molecule has 6 nitrogen and oxygen atoms in total. The molecule has 144 valence electrons. The van der Waals surface area contributed by atoms with E-state index in [4.69, 9.17) is 9.47 Å². The Morgan fingerprint density at radius 3 is 2.26 bits per heavy atom. The highest BCUT2D eigenvalue weighted by Crippen LogP contribution is 2.27. The van der Waals surface area contributed by atoms with Crippen LogP contribution >= 0.6 is 0 Å². The van der Waals surface area contributed by atoms with Crippen LogP contribution in [-0.2, 0) is 4.79 Å². The second-order valence-corrected chi connectivity index (χ2v) is 7.27. The minimum Gasteiger partial charge on any atom is -0.493 e. The lowest BCUT2D eigenvalue weighted by atomic mass is 10.1. The summed E-state index contributed by atoms with van der Waals surface area (Å²) in [5, 5.41) is 5.63. The van der Waals surface area contributed by atoms with E-state index in [0.717, 1.165) is 5.56 Å². The van der Waals surface area contributed by atoms with Crippen LogP contribution in [-0.4, -0.2) is 31.1 Å². The third kappa shape index (κ3) is 6.33. The molecule has 0 radical (unpaired) electrons. The molecule has 0 spiro atoms. The number of methoxy groups -OCH3 is 1. The third-order valence-electron chi connectivity index (χ3n) is 3.60. The van der Waals surface area contributed by atoms with Crippen molar-refractivity contribution in [3.05, 3.63) is 53.6 Å². The summed E-state index contributed by atoms with van der Waals surface area (Å²) in [4.78, 5) is 24.2. The van der Waals surface area contributed by atoms with Crippen molar-refractivity contribution in [1.29, 1.82) is 0 Å². The van der Waals surface area contributed by atoms with E-state index >= 15 is 0 Å². The van der Waals surface area contributed by atoms with Gasteiger partial charge < -0.3 is 20.1 Å². The van der Waals surface area contributed by atoms with Gasteiger partial charge in [-0.1, -0.05) is 6.07 Å². The smallest absolute Gasteiger partial charge is 0.262 e. The number of nitrogens with one attached hydrogen (secondary N) is 2. The fourth-order valence-corrected chi connectivity index (χ4v) is 2.35. The van der Waals surface area contributed by atoms with Crippen LogP contribution in [0.1, 0.15) is 36.7 Å². The predicted molar refractivity (Wildman–Crippen MR) is 106 cm³/mol. The third-order valence-corrected chi connectivity index (χ3v) is 3.60. The molecule has 0 unspecified atom stereocenters. The summed E-state index contributed by atoms with van der Waals surface area (Å²) in [7, 11) is 1.55. The summed E-state index contributed by atoms with van der Waals surface area (Å²) in [5.41, 5.74) is 1.85. The van der Waals surface area contributed by atoms with Crippen LogP contribution in [0.25, 0.3) is 0 Å². The van der Waals surface area contributed by atoms with E-state index in [1.165, 1.54) is 0 Å². The predicted octanol–water partition coefficient (Wildman–Crippen LogP) is 3.55. The van der Waals surface area contributed by atoms with Gasteiger partial charge in [0.05, 0.1) is 7.11 Å². The number of aryl methyl sites for hydroxylation is 1. The molecule has 2 aromatic rings. The van der Waals surface area contributed by atoms with E-state index < -0.39 is 0 Å². The highest BCUT2D eigenvalue weighted by molar-refractivity contribution is 5.96. The van der Waals surface area contributed by atoms with Crippen LogP contribution in [0, 0.1) is 6.92 Å². The second-order valence-electron chi connectivity index (χ2n) is 7.27. The van der Waals surface area contributed by atoms with Crippen molar-refractivity contribution in [2.24, 2.45) is 0 Å². The van der Waals surface area contributed by atoms with Crippen LogP contribution < -0.4 is 20.1 Å². The number of rotatable bonds is 6. The van der Waals surface area contributed by atoms with Crippen molar-refractivity contribution in [2.45, 2.75) is 33.2 Å². The first-order valence-electron chi connectivity index (χ1n) is 8.68. The molecule has 2 N–H and O–H groups in total. The molecule has 0 aliphatic carbocycles. The standard InChI is InChI=1S/C21H26N2O4/c1-14-6-11-17(18(12-14)26-5)27-13-19(24)22-16-9-7-15(8-10-16)20(25)23-21(2,3)4/h6-12H,13H2,1-5H3,(H,22,24)(H,23,25). The molecule has 27 heavy (non-hydrogen) atoms. The number of amides is 2. The fourth-order valence-electron chi connectivity index (χ4n) is 2.35. The Bertz CT molecular complexity index is 808. The topological polar surface area (TPSA) is 76.7 Å². The zero-order valence-corrected chi connectivity index (χ0v) is 16.4. The van der Waals surface area contributed by atoms with Gasteiger partial charge in [0.25, 0.3) is 11.8 Å². The van der Waals surface area contributed by atoms with Gasteiger partial charge in [0.1, 0.15) is 0 Å². The van der Waals surface area contributed by atoms with Crippen LogP contribution in [0.3, 0.4) is 0 Å². The highest BCUT2D eigenvalue weighted by Gasteiger charge is 2.15. The maximum atomic E-state index is 12.1. The number of carbonyl (C=O) groups excluding carboxylic acids is 2. The molecule has 0 bridgehead atoms. The molecule has 0 atom stereocenters. The van der Waals surface area contributed by atoms with Gasteiger partial charge in [-0.3, -0.25) is 9.59 Å². The molecular weight excluding hydrogens is 344 g/mol. The zero-order valence-electron chi connectivity index (χ0n) is 16.4. The Balaban J connectivity index is 1.92. The van der Waals surface area contributed by atoms with Crippen LogP contribution in [0.4, 0.5) is 5.69 Å². The van der Waals surface area contributed by atoms with Gasteiger partial charge >= 0.3 is 0 Å². The molecule has 0 saturated carbocycles. The summed E-state index contributed by atoms with van der Waals surface area (Å²) in [5.74, 6) is 0.629. The van der Waals surface area contributed by atoms with Gasteiger partial charge in [0, 0.05) is 16.8 Å². The minimum atomic E-state index is -0.307. The first-order chi connectivity index (χ1) is 12.7. The number of anilines is 1. The van der Waals surface area contributed by atoms with Crippen LogP contribution in [0.2, 0.25) is 0 Å². The summed E-state index contributed by atoms with van der Waals surface area (Å²) in [6, 6.07) is 12.2. The fraction of sp³-hybridized carbons (Fsp3) is 0.333. The Morgan fingerprint density at radius 2 is 1.67 bits per heavy atom. The maximum absolute atomic E-state index is 12.1. The Kier molecular flexibility index (Phi) is 6.45. The van der Waals surface area contributed by atoms with E-state index in [0.29, 0.717) is 22.7 Å². The average molecular weight is 370 g/mol. The first-order valence-corrected chi connectivity index (χ1v) is 8.68. The van der Waals surface area contributed by atoms with Crippen molar-refractivity contribution in [3.63, 3.8) is 0 Å². The van der Waals surface area contributed by atoms with E-state index in [1.54, 1.807) is 37.4 Å². The number of benzene rings is 2. The highest BCUT2D eigenvalue weighted by atomic mass is 16.5. The minimum absolute atomic E-state index is 0.147. The van der Waals surface area contributed by atoms with Gasteiger partial charge in [-0.15, -0.1) is 0 Å². The number of hydrogen-bond donors (Lipinski definition) is 2. The molecule has 2 aromatic carbocycles. The van der Waals surface area contributed by atoms with E-state index in [1.807, 2.05) is 39.8 Å². The number of ether oxygens (including phenoxy) is 2. The van der Waals surface area contributed by atoms with E-state index in [-0.39, 0.29) is 24.0 Å². The van der Waals surface area contributed by atoms with Gasteiger partial charge in [0.2, 0.25) is 0 Å². The quantitative estimate of drug-likeness (QED) is 0.815. The molecule has 0 aliphatic rings. The van der Waals surface area contributed by atoms with Gasteiger partial charge in [-0.2, -0.15) is 0 Å². The van der Waals surface area contributed by atoms with Crippen molar-refractivity contribution in [1.82, 2.24) is 5.32 Å². The largest absolute Gasteiger partial charge is 0.493 e. The van der Waals surface area contributed by atoms with Crippen molar-refractivity contribution in [3.8, 4) is 11.5 Å². The molecule has 0 saturated heterocycles. The lowest BCUT2D eigenvalue weighted by Gasteiger charge is -2.20. The summed E-state index contributed by atoms with van der Waals surface area (Å²) < 4.78 is 10.8. The van der Waals surface area contributed by atoms with E-state index in [9.17, 15) is 9.59 Å². The van der Waals surface area contributed by atoms with Gasteiger partial charge in [0.15, 0.2) is 18.1 Å².